The van der Waals surface area contributed by atoms with E-state index in [2.05, 4.69) is 13.8 Å². The molecule has 0 spiro atoms. The fourth-order valence-electron chi connectivity index (χ4n) is 1.76. The zero-order chi connectivity index (χ0) is 14.3. The largest absolute Gasteiger partial charge is 0.497 e. The predicted molar refractivity (Wildman–Crippen MR) is 75.4 cm³/mol. The molecule has 0 aliphatic rings. The third kappa shape index (κ3) is 4.56. The summed E-state index contributed by atoms with van der Waals surface area (Å²) in [6.45, 7) is 4.45. The van der Waals surface area contributed by atoms with Crippen LogP contribution in [-0.4, -0.2) is 25.2 Å². The zero-order valence-corrected chi connectivity index (χ0v) is 11.9. The molecule has 0 heterocycles. The van der Waals surface area contributed by atoms with Gasteiger partial charge in [0.05, 0.1) is 19.3 Å². The maximum absolute atomic E-state index is 11.8. The summed E-state index contributed by atoms with van der Waals surface area (Å²) < 4.78 is 10.3. The molecular weight excluding hydrogens is 242 g/mol. The number of hydrogen-bond donors (Lipinski definition) is 1. The highest BCUT2D eigenvalue weighted by molar-refractivity contribution is 5.89. The van der Waals surface area contributed by atoms with Gasteiger partial charge in [-0.15, -0.1) is 0 Å². The first-order valence-corrected chi connectivity index (χ1v) is 6.64. The number of esters is 1. The van der Waals surface area contributed by atoms with Crippen LogP contribution < -0.4 is 10.5 Å². The van der Waals surface area contributed by atoms with Crippen LogP contribution in [0.15, 0.2) is 24.3 Å². The average Bonchev–Trinajstić information content (AvgIpc) is 2.47. The summed E-state index contributed by atoms with van der Waals surface area (Å²) in [4.78, 5) is 11.8. The van der Waals surface area contributed by atoms with Crippen LogP contribution in [0, 0.1) is 0 Å². The van der Waals surface area contributed by atoms with Gasteiger partial charge in [-0.2, -0.15) is 0 Å². The highest BCUT2D eigenvalue weighted by Gasteiger charge is 2.20. The van der Waals surface area contributed by atoms with E-state index in [9.17, 15) is 4.79 Å². The van der Waals surface area contributed by atoms with Gasteiger partial charge in [-0.1, -0.05) is 13.8 Å². The van der Waals surface area contributed by atoms with Gasteiger partial charge in [0.2, 0.25) is 0 Å². The van der Waals surface area contributed by atoms with Gasteiger partial charge in [0.15, 0.2) is 0 Å². The van der Waals surface area contributed by atoms with Crippen LogP contribution >= 0.6 is 0 Å². The molecule has 4 nitrogen and oxygen atoms in total. The second-order valence-electron chi connectivity index (χ2n) is 4.68. The Labute approximate surface area is 114 Å². The van der Waals surface area contributed by atoms with E-state index in [4.69, 9.17) is 15.2 Å². The molecule has 1 aromatic rings. The second kappa shape index (κ2) is 7.14. The summed E-state index contributed by atoms with van der Waals surface area (Å²) in [7, 11) is 1.59. The Morgan fingerprint density at radius 3 is 2.26 bits per heavy atom. The minimum atomic E-state index is -0.322. The molecule has 19 heavy (non-hydrogen) atoms. The van der Waals surface area contributed by atoms with Gasteiger partial charge in [0.25, 0.3) is 0 Å². The van der Waals surface area contributed by atoms with Crippen molar-refractivity contribution in [2.45, 2.75) is 38.6 Å². The van der Waals surface area contributed by atoms with Crippen LogP contribution in [0.1, 0.15) is 43.5 Å². The van der Waals surface area contributed by atoms with Crippen molar-refractivity contribution in [2.24, 2.45) is 5.73 Å². The molecule has 0 saturated carbocycles. The molecule has 1 aromatic carbocycles. The SMILES string of the molecule is CCC(N)(CC)CCOC(=O)c1ccc(OC)cc1. The fraction of sp³-hybridized carbons (Fsp3) is 0.533. The molecule has 4 heteroatoms. The van der Waals surface area contributed by atoms with Crippen molar-refractivity contribution in [3.8, 4) is 5.75 Å². The zero-order valence-electron chi connectivity index (χ0n) is 11.9. The van der Waals surface area contributed by atoms with E-state index in [0.717, 1.165) is 18.6 Å². The standard InChI is InChI=1S/C15H23NO3/c1-4-15(16,5-2)10-11-19-14(17)12-6-8-13(18-3)9-7-12/h6-9H,4-5,10-11,16H2,1-3H3. The number of nitrogens with two attached hydrogens (primary N) is 1. The number of carbonyl (C=O) groups is 1. The maximum Gasteiger partial charge on any atom is 0.338 e. The van der Waals surface area contributed by atoms with Gasteiger partial charge in [0.1, 0.15) is 5.75 Å². The molecule has 0 bridgehead atoms. The predicted octanol–water partition coefficient (Wildman–Crippen LogP) is 2.76. The van der Waals surface area contributed by atoms with E-state index in [1.54, 1.807) is 31.4 Å². The third-order valence-electron chi connectivity index (χ3n) is 3.57. The first-order valence-electron chi connectivity index (χ1n) is 6.64. The molecule has 0 aliphatic carbocycles. The molecule has 0 radical (unpaired) electrons. The maximum atomic E-state index is 11.8. The van der Waals surface area contributed by atoms with Crippen LogP contribution in [0.3, 0.4) is 0 Å². The summed E-state index contributed by atoms with van der Waals surface area (Å²) in [5.74, 6) is 0.395. The number of benzene rings is 1. The molecule has 0 fully saturated rings. The fourth-order valence-corrected chi connectivity index (χ4v) is 1.76. The van der Waals surface area contributed by atoms with Crippen LogP contribution in [-0.2, 0) is 4.74 Å². The van der Waals surface area contributed by atoms with Crippen LogP contribution in [0.2, 0.25) is 0 Å². The third-order valence-corrected chi connectivity index (χ3v) is 3.57. The smallest absolute Gasteiger partial charge is 0.338 e. The van der Waals surface area contributed by atoms with Crippen molar-refractivity contribution in [1.82, 2.24) is 0 Å². The Kier molecular flexibility index (Phi) is 5.83. The quantitative estimate of drug-likeness (QED) is 0.770. The molecule has 106 valence electrons. The highest BCUT2D eigenvalue weighted by atomic mass is 16.5. The van der Waals surface area contributed by atoms with E-state index < -0.39 is 0 Å². The topological polar surface area (TPSA) is 61.5 Å². The summed E-state index contributed by atoms with van der Waals surface area (Å²) in [5.41, 5.74) is 6.44. The monoisotopic (exact) mass is 265 g/mol. The van der Waals surface area contributed by atoms with E-state index in [0.29, 0.717) is 18.6 Å². The number of hydrogen-bond acceptors (Lipinski definition) is 4. The van der Waals surface area contributed by atoms with Crippen molar-refractivity contribution in [3.63, 3.8) is 0 Å². The number of ether oxygens (including phenoxy) is 2. The Morgan fingerprint density at radius 2 is 1.79 bits per heavy atom. The average molecular weight is 265 g/mol. The van der Waals surface area contributed by atoms with Crippen molar-refractivity contribution >= 4 is 5.97 Å². The molecule has 0 aromatic heterocycles. The van der Waals surface area contributed by atoms with Gasteiger partial charge in [-0.25, -0.2) is 4.79 Å². The second-order valence-corrected chi connectivity index (χ2v) is 4.68. The van der Waals surface area contributed by atoms with Gasteiger partial charge in [-0.3, -0.25) is 0 Å². The number of methoxy groups -OCH3 is 1. The van der Waals surface area contributed by atoms with Crippen molar-refractivity contribution < 1.29 is 14.3 Å². The molecule has 0 atom stereocenters. The van der Waals surface area contributed by atoms with E-state index in [1.165, 1.54) is 0 Å². The van der Waals surface area contributed by atoms with E-state index >= 15 is 0 Å². The Balaban J connectivity index is 2.46. The first-order chi connectivity index (χ1) is 9.04. The number of carbonyl (C=O) groups excluding carboxylic acids is 1. The van der Waals surface area contributed by atoms with Crippen LogP contribution in [0.5, 0.6) is 5.75 Å². The van der Waals surface area contributed by atoms with Crippen LogP contribution in [0.25, 0.3) is 0 Å². The molecule has 0 aliphatic heterocycles. The van der Waals surface area contributed by atoms with E-state index in [1.807, 2.05) is 0 Å². The Bertz CT molecular complexity index is 396. The van der Waals surface area contributed by atoms with Crippen molar-refractivity contribution in [2.75, 3.05) is 13.7 Å². The van der Waals surface area contributed by atoms with Crippen LogP contribution in [0.4, 0.5) is 0 Å². The summed E-state index contributed by atoms with van der Waals surface area (Å²) in [6.07, 6.45) is 2.44. The lowest BCUT2D eigenvalue weighted by molar-refractivity contribution is 0.0472. The lowest BCUT2D eigenvalue weighted by Gasteiger charge is -2.26. The summed E-state index contributed by atoms with van der Waals surface area (Å²) in [6, 6.07) is 6.86. The van der Waals surface area contributed by atoms with Gasteiger partial charge in [0, 0.05) is 5.54 Å². The Morgan fingerprint density at radius 1 is 1.21 bits per heavy atom. The van der Waals surface area contributed by atoms with Gasteiger partial charge < -0.3 is 15.2 Å². The first kappa shape index (κ1) is 15.5. The minimum absolute atomic E-state index is 0.236. The molecular formula is C15H23NO3. The summed E-state index contributed by atoms with van der Waals surface area (Å²) in [5, 5.41) is 0. The molecule has 1 rings (SSSR count). The van der Waals surface area contributed by atoms with E-state index in [-0.39, 0.29) is 11.5 Å². The number of rotatable bonds is 7. The molecule has 0 saturated heterocycles. The normalized spacial score (nSPS) is 11.2. The van der Waals surface area contributed by atoms with Gasteiger partial charge >= 0.3 is 5.97 Å². The minimum Gasteiger partial charge on any atom is -0.497 e. The van der Waals surface area contributed by atoms with Crippen molar-refractivity contribution in [1.29, 1.82) is 0 Å². The van der Waals surface area contributed by atoms with Crippen molar-refractivity contribution in [3.05, 3.63) is 29.8 Å². The molecule has 0 unspecified atom stereocenters. The lowest BCUT2D eigenvalue weighted by atomic mass is 9.91. The lowest BCUT2D eigenvalue weighted by Crippen LogP contribution is -2.39. The molecule has 2 N–H and O–H groups in total. The molecule has 0 amide bonds. The Hall–Kier alpha value is -1.55. The summed E-state index contributed by atoms with van der Waals surface area (Å²) >= 11 is 0. The van der Waals surface area contributed by atoms with Gasteiger partial charge in [-0.05, 0) is 43.5 Å². The highest BCUT2D eigenvalue weighted by Crippen LogP contribution is 2.17.